The highest BCUT2D eigenvalue weighted by Gasteiger charge is 2.16. The van der Waals surface area contributed by atoms with Crippen LogP contribution in [0.15, 0.2) is 59.7 Å². The molecule has 0 saturated heterocycles. The number of hydrogen-bond acceptors (Lipinski definition) is 2. The van der Waals surface area contributed by atoms with E-state index in [2.05, 4.69) is 76.0 Å². The predicted octanol–water partition coefficient (Wildman–Crippen LogP) is 4.98. The third-order valence-corrected chi connectivity index (χ3v) is 5.70. The van der Waals surface area contributed by atoms with E-state index in [-0.39, 0.29) is 0 Å². The van der Waals surface area contributed by atoms with Crippen LogP contribution < -0.4 is 10.7 Å². The van der Waals surface area contributed by atoms with Crippen molar-refractivity contribution >= 4 is 34.4 Å². The van der Waals surface area contributed by atoms with Gasteiger partial charge in [0.1, 0.15) is 0 Å². The van der Waals surface area contributed by atoms with Gasteiger partial charge >= 0.3 is 0 Å². The first-order valence-electron chi connectivity index (χ1n) is 9.96. The molecule has 2 aromatic carbocycles. The van der Waals surface area contributed by atoms with Crippen molar-refractivity contribution < 1.29 is 0 Å². The number of para-hydroxylation sites is 1. The first kappa shape index (κ1) is 18.7. The van der Waals surface area contributed by atoms with Crippen molar-refractivity contribution in [2.45, 2.75) is 38.1 Å². The van der Waals surface area contributed by atoms with Crippen molar-refractivity contribution in [1.29, 1.82) is 0 Å². The SMILES string of the molecule is Cn1c(-c2ccccc2)c(C=NNC(=S)NC2CCCCC2)c2ccccc21. The minimum atomic E-state index is 0.474. The molecule has 1 heterocycles. The van der Waals surface area contributed by atoms with Crippen molar-refractivity contribution in [3.05, 3.63) is 60.2 Å². The molecule has 0 aliphatic heterocycles. The molecule has 5 heteroatoms. The summed E-state index contributed by atoms with van der Waals surface area (Å²) in [5, 5.41) is 9.64. The first-order valence-corrected chi connectivity index (χ1v) is 10.4. The fourth-order valence-corrected chi connectivity index (χ4v) is 4.34. The Bertz CT molecular complexity index is 985. The standard InChI is InChI=1S/C23H26N4S/c1-27-21-15-9-8-14-19(21)20(22(27)17-10-4-2-5-11-17)16-24-26-23(28)25-18-12-6-3-7-13-18/h2,4-5,8-11,14-16,18H,3,6-7,12-13H2,1H3,(H2,25,26,28). The van der Waals surface area contributed by atoms with Crippen LogP contribution in [0.2, 0.25) is 0 Å². The lowest BCUT2D eigenvalue weighted by molar-refractivity contribution is 0.412. The van der Waals surface area contributed by atoms with Gasteiger partial charge < -0.3 is 9.88 Å². The second-order valence-corrected chi connectivity index (χ2v) is 7.79. The smallest absolute Gasteiger partial charge is 0.187 e. The number of aromatic nitrogens is 1. The maximum Gasteiger partial charge on any atom is 0.187 e. The Hall–Kier alpha value is -2.66. The van der Waals surface area contributed by atoms with E-state index in [1.54, 1.807) is 0 Å². The molecule has 1 saturated carbocycles. The zero-order valence-corrected chi connectivity index (χ0v) is 17.0. The zero-order valence-electron chi connectivity index (χ0n) is 16.2. The lowest BCUT2D eigenvalue weighted by Crippen LogP contribution is -2.40. The number of nitrogens with zero attached hydrogens (tertiary/aromatic N) is 2. The van der Waals surface area contributed by atoms with Crippen LogP contribution >= 0.6 is 12.2 Å². The monoisotopic (exact) mass is 390 g/mol. The molecular weight excluding hydrogens is 364 g/mol. The Morgan fingerprint density at radius 2 is 1.75 bits per heavy atom. The maximum absolute atomic E-state index is 5.44. The van der Waals surface area contributed by atoms with E-state index in [0.29, 0.717) is 11.2 Å². The van der Waals surface area contributed by atoms with Gasteiger partial charge in [-0.25, -0.2) is 0 Å². The molecule has 1 aromatic heterocycles. The van der Waals surface area contributed by atoms with Gasteiger partial charge in [-0.2, -0.15) is 5.10 Å². The molecular formula is C23H26N4S. The second-order valence-electron chi connectivity index (χ2n) is 7.38. The number of rotatable bonds is 4. The zero-order chi connectivity index (χ0) is 19.3. The van der Waals surface area contributed by atoms with Crippen molar-refractivity contribution in [2.75, 3.05) is 0 Å². The molecule has 0 spiro atoms. The molecule has 4 nitrogen and oxygen atoms in total. The summed E-state index contributed by atoms with van der Waals surface area (Å²) in [5.74, 6) is 0. The molecule has 1 fully saturated rings. The Labute approximate surface area is 171 Å². The average Bonchev–Trinajstić information content (AvgIpc) is 3.01. The summed E-state index contributed by atoms with van der Waals surface area (Å²) < 4.78 is 2.23. The molecule has 28 heavy (non-hydrogen) atoms. The first-order chi connectivity index (χ1) is 13.7. The van der Waals surface area contributed by atoms with E-state index in [0.717, 1.165) is 11.3 Å². The van der Waals surface area contributed by atoms with Gasteiger partial charge in [0.25, 0.3) is 0 Å². The minimum absolute atomic E-state index is 0.474. The number of thiocarbonyl (C=S) groups is 1. The minimum Gasteiger partial charge on any atom is -0.359 e. The van der Waals surface area contributed by atoms with Crippen LogP contribution in [0.3, 0.4) is 0 Å². The van der Waals surface area contributed by atoms with Crippen LogP contribution in [-0.4, -0.2) is 21.9 Å². The average molecular weight is 391 g/mol. The molecule has 0 amide bonds. The summed E-state index contributed by atoms with van der Waals surface area (Å²) in [5.41, 5.74) is 7.62. The Balaban J connectivity index is 1.59. The van der Waals surface area contributed by atoms with Gasteiger partial charge in [0.15, 0.2) is 5.11 Å². The number of hydrogen-bond donors (Lipinski definition) is 2. The summed E-state index contributed by atoms with van der Waals surface area (Å²) in [6.07, 6.45) is 8.15. The number of aryl methyl sites for hydroxylation is 1. The number of benzene rings is 2. The number of hydrazone groups is 1. The Morgan fingerprint density at radius 1 is 1.04 bits per heavy atom. The van der Waals surface area contributed by atoms with Crippen LogP contribution in [0, 0.1) is 0 Å². The molecule has 1 aliphatic carbocycles. The summed E-state index contributed by atoms with van der Waals surface area (Å²) in [7, 11) is 2.10. The lowest BCUT2D eigenvalue weighted by atomic mass is 9.96. The molecule has 144 valence electrons. The molecule has 0 atom stereocenters. The van der Waals surface area contributed by atoms with Crippen molar-refractivity contribution in [3.63, 3.8) is 0 Å². The van der Waals surface area contributed by atoms with Gasteiger partial charge in [0.05, 0.1) is 11.9 Å². The highest BCUT2D eigenvalue weighted by atomic mass is 32.1. The summed E-state index contributed by atoms with van der Waals surface area (Å²) in [6, 6.07) is 19.3. The normalized spacial score (nSPS) is 15.2. The number of nitrogens with one attached hydrogen (secondary N) is 2. The van der Waals surface area contributed by atoms with Gasteiger partial charge in [-0.05, 0) is 36.7 Å². The summed E-state index contributed by atoms with van der Waals surface area (Å²) >= 11 is 5.44. The summed E-state index contributed by atoms with van der Waals surface area (Å²) in [6.45, 7) is 0. The van der Waals surface area contributed by atoms with Crippen molar-refractivity contribution in [3.8, 4) is 11.3 Å². The summed E-state index contributed by atoms with van der Waals surface area (Å²) in [4.78, 5) is 0. The van der Waals surface area contributed by atoms with E-state index in [1.807, 2.05) is 12.3 Å². The number of fused-ring (bicyclic) bond motifs is 1. The van der Waals surface area contributed by atoms with Crippen molar-refractivity contribution in [2.24, 2.45) is 12.1 Å². The van der Waals surface area contributed by atoms with Gasteiger partial charge in [0.2, 0.25) is 0 Å². The molecule has 4 rings (SSSR count). The maximum atomic E-state index is 5.44. The van der Waals surface area contributed by atoms with Gasteiger partial charge in [0, 0.05) is 29.6 Å². The molecule has 0 bridgehead atoms. The topological polar surface area (TPSA) is 41.4 Å². The van der Waals surface area contributed by atoms with E-state index >= 15 is 0 Å². The van der Waals surface area contributed by atoms with Crippen LogP contribution in [0.5, 0.6) is 0 Å². The van der Waals surface area contributed by atoms with Gasteiger partial charge in [-0.15, -0.1) is 0 Å². The largest absolute Gasteiger partial charge is 0.359 e. The fraction of sp³-hybridized carbons (Fsp3) is 0.304. The van der Waals surface area contributed by atoms with Gasteiger partial charge in [-0.3, -0.25) is 5.43 Å². The fourth-order valence-electron chi connectivity index (χ4n) is 4.12. The Morgan fingerprint density at radius 3 is 2.54 bits per heavy atom. The molecule has 0 unspecified atom stereocenters. The Kier molecular flexibility index (Phi) is 5.72. The molecule has 3 aromatic rings. The quantitative estimate of drug-likeness (QED) is 0.375. The lowest BCUT2D eigenvalue weighted by Gasteiger charge is -2.23. The molecule has 1 aliphatic rings. The predicted molar refractivity (Wildman–Crippen MR) is 122 cm³/mol. The molecule has 2 N–H and O–H groups in total. The van der Waals surface area contributed by atoms with Crippen LogP contribution in [0.1, 0.15) is 37.7 Å². The van der Waals surface area contributed by atoms with Crippen LogP contribution in [-0.2, 0) is 7.05 Å². The van der Waals surface area contributed by atoms with Crippen molar-refractivity contribution in [1.82, 2.24) is 15.3 Å². The van der Waals surface area contributed by atoms with Gasteiger partial charge in [-0.1, -0.05) is 67.8 Å². The third kappa shape index (κ3) is 3.94. The van der Waals surface area contributed by atoms with E-state index in [9.17, 15) is 0 Å². The van der Waals surface area contributed by atoms with E-state index in [1.165, 1.54) is 48.6 Å². The van der Waals surface area contributed by atoms with E-state index in [4.69, 9.17) is 12.2 Å². The third-order valence-electron chi connectivity index (χ3n) is 5.49. The highest BCUT2D eigenvalue weighted by molar-refractivity contribution is 7.80. The second kappa shape index (κ2) is 8.57. The molecule has 0 radical (unpaired) electrons. The van der Waals surface area contributed by atoms with Crippen LogP contribution in [0.4, 0.5) is 0 Å². The van der Waals surface area contributed by atoms with Crippen LogP contribution in [0.25, 0.3) is 22.2 Å². The highest BCUT2D eigenvalue weighted by Crippen LogP contribution is 2.31. The van der Waals surface area contributed by atoms with E-state index < -0.39 is 0 Å².